The Morgan fingerprint density at radius 2 is 1.45 bits per heavy atom. The Hall–Kier alpha value is -2.48. The molecule has 1 atom stereocenters. The molecule has 1 unspecified atom stereocenters. The van der Waals surface area contributed by atoms with Crippen LogP contribution in [-0.2, 0) is 5.41 Å². The highest BCUT2D eigenvalue weighted by Crippen LogP contribution is 2.40. The van der Waals surface area contributed by atoms with Crippen LogP contribution in [0.3, 0.4) is 0 Å². The fraction of sp³-hybridized carbons (Fsp3) is 0.111. The van der Waals surface area contributed by atoms with E-state index >= 15 is 0 Å². The molecule has 0 fully saturated rings. The third kappa shape index (κ3) is 2.10. The summed E-state index contributed by atoms with van der Waals surface area (Å²) >= 11 is 0. The molecule has 0 heterocycles. The first-order valence-electron chi connectivity index (χ1n) is 6.77. The maximum absolute atomic E-state index is 5.89. The molecular weight excluding hydrogens is 244 g/mol. The van der Waals surface area contributed by atoms with E-state index < -0.39 is 0 Å². The highest BCUT2D eigenvalue weighted by atomic mass is 14.6. The monoisotopic (exact) mass is 262 g/mol. The van der Waals surface area contributed by atoms with Gasteiger partial charge in [-0.15, -0.1) is 0 Å². The predicted octanol–water partition coefficient (Wildman–Crippen LogP) is 3.36. The molecule has 0 spiro atoms. The molecule has 100 valence electrons. The van der Waals surface area contributed by atoms with E-state index in [2.05, 4.69) is 48.6 Å². The first kappa shape index (κ1) is 12.5. The largest absolute Gasteiger partial charge is 0.399 e. The molecule has 3 rings (SSSR count). The highest BCUT2D eigenvalue weighted by Gasteiger charge is 2.32. The zero-order chi connectivity index (χ0) is 14.0. The first-order chi connectivity index (χ1) is 9.71. The SMILES string of the molecule is NC1=CCC(c2ccccc2)(c2ccc(N)cc2)C=C1. The molecule has 0 aromatic heterocycles. The van der Waals surface area contributed by atoms with Gasteiger partial charge in [-0.05, 0) is 35.8 Å². The van der Waals surface area contributed by atoms with Crippen molar-refractivity contribution in [2.45, 2.75) is 11.8 Å². The van der Waals surface area contributed by atoms with E-state index in [9.17, 15) is 0 Å². The van der Waals surface area contributed by atoms with E-state index in [0.717, 1.165) is 17.8 Å². The van der Waals surface area contributed by atoms with Crippen molar-refractivity contribution in [1.82, 2.24) is 0 Å². The standard InChI is InChI=1S/C18H18N2/c19-16-8-6-15(7-9-16)18(12-10-17(20)11-13-18)14-4-2-1-3-5-14/h1-12H,13,19-20H2. The van der Waals surface area contributed by atoms with Gasteiger partial charge in [0.2, 0.25) is 0 Å². The highest BCUT2D eigenvalue weighted by molar-refractivity contribution is 5.51. The smallest absolute Gasteiger partial charge is 0.0420 e. The van der Waals surface area contributed by atoms with Gasteiger partial charge < -0.3 is 11.5 Å². The lowest BCUT2D eigenvalue weighted by Crippen LogP contribution is -2.27. The van der Waals surface area contributed by atoms with E-state index in [-0.39, 0.29) is 5.41 Å². The van der Waals surface area contributed by atoms with Crippen LogP contribution in [0.25, 0.3) is 0 Å². The van der Waals surface area contributed by atoms with Crippen LogP contribution >= 0.6 is 0 Å². The number of rotatable bonds is 2. The third-order valence-electron chi connectivity index (χ3n) is 3.93. The van der Waals surface area contributed by atoms with Crippen molar-refractivity contribution >= 4 is 5.69 Å². The van der Waals surface area contributed by atoms with Gasteiger partial charge in [0.1, 0.15) is 0 Å². The number of nitrogen functional groups attached to an aromatic ring is 1. The summed E-state index contributed by atoms with van der Waals surface area (Å²) in [5, 5.41) is 0. The Bertz CT molecular complexity index is 654. The quantitative estimate of drug-likeness (QED) is 0.815. The second-order valence-corrected chi connectivity index (χ2v) is 5.20. The lowest BCUT2D eigenvalue weighted by atomic mass is 9.70. The summed E-state index contributed by atoms with van der Waals surface area (Å²) in [7, 11) is 0. The molecule has 2 heteroatoms. The summed E-state index contributed by atoms with van der Waals surface area (Å²) in [5.41, 5.74) is 15.7. The summed E-state index contributed by atoms with van der Waals surface area (Å²) in [6.07, 6.45) is 7.14. The molecular formula is C18H18N2. The topological polar surface area (TPSA) is 52.0 Å². The van der Waals surface area contributed by atoms with Crippen LogP contribution in [0.1, 0.15) is 17.5 Å². The van der Waals surface area contributed by atoms with Gasteiger partial charge in [0.25, 0.3) is 0 Å². The van der Waals surface area contributed by atoms with Crippen molar-refractivity contribution in [3.05, 3.63) is 89.6 Å². The molecule has 2 nitrogen and oxygen atoms in total. The Balaban J connectivity index is 2.15. The van der Waals surface area contributed by atoms with E-state index in [1.165, 1.54) is 11.1 Å². The molecule has 2 aromatic rings. The molecule has 1 aliphatic rings. The fourth-order valence-electron chi connectivity index (χ4n) is 2.76. The number of hydrogen-bond acceptors (Lipinski definition) is 2. The maximum atomic E-state index is 5.89. The lowest BCUT2D eigenvalue weighted by Gasteiger charge is -2.33. The average Bonchev–Trinajstić information content (AvgIpc) is 2.50. The van der Waals surface area contributed by atoms with Crippen LogP contribution in [0.5, 0.6) is 0 Å². The molecule has 2 aromatic carbocycles. The molecule has 0 radical (unpaired) electrons. The van der Waals surface area contributed by atoms with Gasteiger partial charge in [-0.2, -0.15) is 0 Å². The van der Waals surface area contributed by atoms with Crippen LogP contribution in [0.15, 0.2) is 78.5 Å². The molecule has 1 aliphatic carbocycles. The molecule has 0 saturated carbocycles. The molecule has 0 bridgehead atoms. The summed E-state index contributed by atoms with van der Waals surface area (Å²) in [6.45, 7) is 0. The van der Waals surface area contributed by atoms with E-state index in [1.807, 2.05) is 24.3 Å². The Morgan fingerprint density at radius 1 is 0.800 bits per heavy atom. The summed E-state index contributed by atoms with van der Waals surface area (Å²) < 4.78 is 0. The van der Waals surface area contributed by atoms with Crippen molar-refractivity contribution in [1.29, 1.82) is 0 Å². The minimum absolute atomic E-state index is 0.155. The second-order valence-electron chi connectivity index (χ2n) is 5.20. The van der Waals surface area contributed by atoms with Crippen molar-refractivity contribution in [3.63, 3.8) is 0 Å². The van der Waals surface area contributed by atoms with Gasteiger partial charge in [0.15, 0.2) is 0 Å². The van der Waals surface area contributed by atoms with E-state index in [1.54, 1.807) is 0 Å². The van der Waals surface area contributed by atoms with Crippen molar-refractivity contribution in [2.24, 2.45) is 5.73 Å². The lowest BCUT2D eigenvalue weighted by molar-refractivity contribution is 0.643. The molecule has 0 aliphatic heterocycles. The second kappa shape index (κ2) is 4.89. The Labute approximate surface area is 119 Å². The average molecular weight is 262 g/mol. The fourth-order valence-corrected chi connectivity index (χ4v) is 2.76. The molecule has 0 amide bonds. The molecule has 20 heavy (non-hydrogen) atoms. The number of anilines is 1. The van der Waals surface area contributed by atoms with Crippen LogP contribution in [0, 0.1) is 0 Å². The predicted molar refractivity (Wildman–Crippen MR) is 84.1 cm³/mol. The summed E-state index contributed by atoms with van der Waals surface area (Å²) in [6, 6.07) is 18.6. The van der Waals surface area contributed by atoms with Crippen molar-refractivity contribution < 1.29 is 0 Å². The minimum Gasteiger partial charge on any atom is -0.399 e. The van der Waals surface area contributed by atoms with Gasteiger partial charge in [-0.3, -0.25) is 0 Å². The van der Waals surface area contributed by atoms with Gasteiger partial charge in [-0.1, -0.05) is 54.6 Å². The number of nitrogens with two attached hydrogens (primary N) is 2. The van der Waals surface area contributed by atoms with Crippen LogP contribution in [0.4, 0.5) is 5.69 Å². The zero-order valence-corrected chi connectivity index (χ0v) is 11.3. The summed E-state index contributed by atoms with van der Waals surface area (Å²) in [5.74, 6) is 0. The van der Waals surface area contributed by atoms with Gasteiger partial charge in [0.05, 0.1) is 0 Å². The normalized spacial score (nSPS) is 21.5. The summed E-state index contributed by atoms with van der Waals surface area (Å²) in [4.78, 5) is 0. The maximum Gasteiger partial charge on any atom is 0.0420 e. The van der Waals surface area contributed by atoms with Gasteiger partial charge >= 0.3 is 0 Å². The van der Waals surface area contributed by atoms with Gasteiger partial charge in [-0.25, -0.2) is 0 Å². The molecule has 4 N–H and O–H groups in total. The number of allylic oxidation sites excluding steroid dienone is 3. The van der Waals surface area contributed by atoms with Crippen molar-refractivity contribution in [2.75, 3.05) is 5.73 Å². The van der Waals surface area contributed by atoms with Crippen LogP contribution in [0.2, 0.25) is 0 Å². The van der Waals surface area contributed by atoms with E-state index in [4.69, 9.17) is 11.5 Å². The van der Waals surface area contributed by atoms with Crippen molar-refractivity contribution in [3.8, 4) is 0 Å². The Morgan fingerprint density at radius 3 is 2.05 bits per heavy atom. The minimum atomic E-state index is -0.155. The van der Waals surface area contributed by atoms with Gasteiger partial charge in [0, 0.05) is 16.8 Å². The number of benzene rings is 2. The first-order valence-corrected chi connectivity index (χ1v) is 6.77. The number of hydrogen-bond donors (Lipinski definition) is 2. The zero-order valence-electron chi connectivity index (χ0n) is 11.3. The van der Waals surface area contributed by atoms with Crippen LogP contribution in [-0.4, -0.2) is 0 Å². The Kier molecular flexibility index (Phi) is 3.07. The van der Waals surface area contributed by atoms with Crippen LogP contribution < -0.4 is 11.5 Å². The third-order valence-corrected chi connectivity index (χ3v) is 3.93. The molecule has 0 saturated heterocycles. The van der Waals surface area contributed by atoms with E-state index in [0.29, 0.717) is 0 Å².